The van der Waals surface area contributed by atoms with Crippen LogP contribution in [0.5, 0.6) is 0 Å². The molecule has 2 heteroatoms. The van der Waals surface area contributed by atoms with Crippen LogP contribution in [0.3, 0.4) is 0 Å². The quantitative estimate of drug-likeness (QED) is 0.820. The van der Waals surface area contributed by atoms with Gasteiger partial charge in [-0.25, -0.2) is 0 Å². The summed E-state index contributed by atoms with van der Waals surface area (Å²) in [7, 11) is 0. The van der Waals surface area contributed by atoms with Crippen molar-refractivity contribution in [1.82, 2.24) is 5.32 Å². The van der Waals surface area contributed by atoms with Crippen LogP contribution in [0.1, 0.15) is 58.7 Å². The molecule has 0 heterocycles. The molecular formula is C17H29NO. The first-order chi connectivity index (χ1) is 8.70. The van der Waals surface area contributed by atoms with Crippen LogP contribution in [-0.2, 0) is 6.42 Å². The first kappa shape index (κ1) is 16.2. The van der Waals surface area contributed by atoms with E-state index in [-0.39, 0.29) is 12.1 Å². The predicted molar refractivity (Wildman–Crippen MR) is 82.3 cm³/mol. The molecular weight excluding hydrogens is 234 g/mol. The molecule has 0 spiro atoms. The van der Waals surface area contributed by atoms with Gasteiger partial charge in [0.1, 0.15) is 0 Å². The van der Waals surface area contributed by atoms with E-state index in [1.807, 2.05) is 20.8 Å². The Morgan fingerprint density at radius 3 is 2.00 bits per heavy atom. The summed E-state index contributed by atoms with van der Waals surface area (Å²) in [6.07, 6.45) is 1.13. The van der Waals surface area contributed by atoms with E-state index in [1.54, 1.807) is 0 Å². The highest BCUT2D eigenvalue weighted by Gasteiger charge is 2.23. The van der Waals surface area contributed by atoms with Gasteiger partial charge in [-0.05, 0) is 51.2 Å². The molecule has 0 fully saturated rings. The molecule has 0 saturated heterocycles. The van der Waals surface area contributed by atoms with Gasteiger partial charge in [-0.3, -0.25) is 0 Å². The largest absolute Gasteiger partial charge is 0.389 e. The molecule has 0 saturated carbocycles. The average Bonchev–Trinajstić information content (AvgIpc) is 2.27. The van der Waals surface area contributed by atoms with Crippen molar-refractivity contribution >= 4 is 0 Å². The summed E-state index contributed by atoms with van der Waals surface area (Å²) < 4.78 is 0. The van der Waals surface area contributed by atoms with E-state index in [2.05, 4.69) is 50.4 Å². The summed E-state index contributed by atoms with van der Waals surface area (Å²) in [6.45, 7) is 12.3. The molecule has 108 valence electrons. The number of hydrogen-bond donors (Lipinski definition) is 2. The maximum Gasteiger partial charge on any atom is 0.0741 e. The minimum Gasteiger partial charge on any atom is -0.389 e. The fraction of sp³-hybridized carbons (Fsp3) is 0.647. The van der Waals surface area contributed by atoms with E-state index >= 15 is 0 Å². The second-order valence-corrected chi connectivity index (χ2v) is 6.60. The zero-order valence-electron chi connectivity index (χ0n) is 13.2. The number of hydrogen-bond acceptors (Lipinski definition) is 2. The molecule has 1 aromatic rings. The molecule has 2 nitrogen and oxygen atoms in total. The van der Waals surface area contributed by atoms with Crippen LogP contribution in [0.25, 0.3) is 0 Å². The minimum absolute atomic E-state index is 0.0536. The second kappa shape index (κ2) is 6.53. The van der Waals surface area contributed by atoms with Crippen LogP contribution in [-0.4, -0.2) is 16.7 Å². The van der Waals surface area contributed by atoms with E-state index in [9.17, 15) is 5.11 Å². The molecule has 2 atom stereocenters. The Morgan fingerprint density at radius 1 is 1.05 bits per heavy atom. The number of aliphatic hydroxyl groups is 1. The zero-order valence-corrected chi connectivity index (χ0v) is 13.2. The summed E-state index contributed by atoms with van der Waals surface area (Å²) in [4.78, 5) is 0. The lowest BCUT2D eigenvalue weighted by atomic mass is 9.97. The van der Waals surface area contributed by atoms with Crippen LogP contribution in [0.4, 0.5) is 0 Å². The van der Waals surface area contributed by atoms with E-state index in [4.69, 9.17) is 0 Å². The molecule has 2 N–H and O–H groups in total. The van der Waals surface area contributed by atoms with Crippen LogP contribution in [0, 0.1) is 5.92 Å². The van der Waals surface area contributed by atoms with Crippen LogP contribution in [0.2, 0.25) is 0 Å². The maximum absolute atomic E-state index is 9.96. The zero-order chi connectivity index (χ0) is 14.6. The van der Waals surface area contributed by atoms with E-state index in [1.165, 1.54) is 11.1 Å². The normalized spacial score (nSPS) is 15.6. The van der Waals surface area contributed by atoms with Gasteiger partial charge in [0.2, 0.25) is 0 Å². The van der Waals surface area contributed by atoms with Gasteiger partial charge in [-0.15, -0.1) is 0 Å². The molecule has 0 aliphatic carbocycles. The fourth-order valence-corrected chi connectivity index (χ4v) is 2.09. The van der Waals surface area contributed by atoms with Crippen molar-refractivity contribution in [2.45, 2.75) is 65.6 Å². The highest BCUT2D eigenvalue weighted by molar-refractivity contribution is 5.25. The van der Waals surface area contributed by atoms with Gasteiger partial charge in [-0.1, -0.05) is 38.1 Å². The predicted octanol–water partition coefficient (Wildman–Crippen LogP) is 3.70. The highest BCUT2D eigenvalue weighted by Crippen LogP contribution is 2.18. The van der Waals surface area contributed by atoms with Gasteiger partial charge >= 0.3 is 0 Å². The van der Waals surface area contributed by atoms with Crippen molar-refractivity contribution < 1.29 is 5.11 Å². The minimum atomic E-state index is -0.703. The molecule has 2 unspecified atom stereocenters. The van der Waals surface area contributed by atoms with E-state index < -0.39 is 5.60 Å². The lowest BCUT2D eigenvalue weighted by molar-refractivity contribution is 0.0405. The van der Waals surface area contributed by atoms with E-state index in [0.29, 0.717) is 5.92 Å². The molecule has 19 heavy (non-hydrogen) atoms. The van der Waals surface area contributed by atoms with Crippen molar-refractivity contribution in [3.8, 4) is 0 Å². The van der Waals surface area contributed by atoms with Crippen LogP contribution in [0.15, 0.2) is 24.3 Å². The number of benzene rings is 1. The number of rotatable bonds is 6. The van der Waals surface area contributed by atoms with E-state index in [0.717, 1.165) is 6.42 Å². The molecule has 0 bridgehead atoms. The third kappa shape index (κ3) is 5.33. The molecule has 0 aliphatic rings. The lowest BCUT2D eigenvalue weighted by Gasteiger charge is -2.30. The van der Waals surface area contributed by atoms with Gasteiger partial charge in [-0.2, -0.15) is 0 Å². The van der Waals surface area contributed by atoms with Crippen LogP contribution >= 0.6 is 0 Å². The molecule has 0 amide bonds. The average molecular weight is 263 g/mol. The first-order valence-electron chi connectivity index (χ1n) is 7.27. The van der Waals surface area contributed by atoms with Gasteiger partial charge in [0, 0.05) is 12.1 Å². The van der Waals surface area contributed by atoms with Crippen LogP contribution < -0.4 is 5.32 Å². The Morgan fingerprint density at radius 2 is 1.58 bits per heavy atom. The number of nitrogens with one attached hydrogen (secondary N) is 1. The molecule has 1 rings (SSSR count). The highest BCUT2D eigenvalue weighted by atomic mass is 16.3. The summed E-state index contributed by atoms with van der Waals surface area (Å²) in [5.41, 5.74) is 1.95. The standard InChI is InChI=1S/C17H29NO/c1-12(2)11-15-7-9-16(10-8-15)13(3)18-14(4)17(5,6)19/h7-10,12-14,18-19H,11H2,1-6H3. The molecule has 1 aromatic carbocycles. The van der Waals surface area contributed by atoms with Gasteiger partial charge < -0.3 is 10.4 Å². The Hall–Kier alpha value is -0.860. The van der Waals surface area contributed by atoms with Crippen molar-refractivity contribution in [2.24, 2.45) is 5.92 Å². The van der Waals surface area contributed by atoms with Crippen molar-refractivity contribution in [2.75, 3.05) is 0 Å². The lowest BCUT2D eigenvalue weighted by Crippen LogP contribution is -2.45. The van der Waals surface area contributed by atoms with Crippen molar-refractivity contribution in [3.63, 3.8) is 0 Å². The maximum atomic E-state index is 9.96. The summed E-state index contributed by atoms with van der Waals surface area (Å²) in [5, 5.41) is 13.4. The Balaban J connectivity index is 2.65. The summed E-state index contributed by atoms with van der Waals surface area (Å²) in [5.74, 6) is 0.691. The monoisotopic (exact) mass is 263 g/mol. The molecule has 0 aliphatic heterocycles. The molecule has 0 radical (unpaired) electrons. The summed E-state index contributed by atoms with van der Waals surface area (Å²) >= 11 is 0. The van der Waals surface area contributed by atoms with Gasteiger partial charge in [0.25, 0.3) is 0 Å². The smallest absolute Gasteiger partial charge is 0.0741 e. The Bertz CT molecular complexity index is 375. The van der Waals surface area contributed by atoms with Gasteiger partial charge in [0.15, 0.2) is 0 Å². The Kier molecular flexibility index (Phi) is 5.57. The third-order valence-electron chi connectivity index (χ3n) is 3.68. The first-order valence-corrected chi connectivity index (χ1v) is 7.27. The molecule has 0 aromatic heterocycles. The topological polar surface area (TPSA) is 32.3 Å². The third-order valence-corrected chi connectivity index (χ3v) is 3.68. The van der Waals surface area contributed by atoms with Crippen molar-refractivity contribution in [1.29, 1.82) is 0 Å². The van der Waals surface area contributed by atoms with Gasteiger partial charge in [0.05, 0.1) is 5.60 Å². The fourth-order valence-electron chi connectivity index (χ4n) is 2.09. The SMILES string of the molecule is CC(C)Cc1ccc(C(C)NC(C)C(C)(C)O)cc1. The summed E-state index contributed by atoms with van der Waals surface area (Å²) in [6, 6.07) is 9.09. The second-order valence-electron chi connectivity index (χ2n) is 6.60. The Labute approximate surface area is 118 Å². The van der Waals surface area contributed by atoms with Crippen molar-refractivity contribution in [3.05, 3.63) is 35.4 Å².